The Labute approximate surface area is 189 Å². The number of para-hydroxylation sites is 1. The van der Waals surface area contributed by atoms with Crippen LogP contribution in [0.2, 0.25) is 0 Å². The molecule has 0 unspecified atom stereocenters. The maximum absolute atomic E-state index is 5.61. The molecule has 1 saturated heterocycles. The first kappa shape index (κ1) is 21.7. The van der Waals surface area contributed by atoms with Crippen molar-refractivity contribution in [3.05, 3.63) is 54.4 Å². The third-order valence-electron chi connectivity index (χ3n) is 5.98. The second-order valence-electron chi connectivity index (χ2n) is 7.92. The summed E-state index contributed by atoms with van der Waals surface area (Å²) in [4.78, 5) is 11.6. The zero-order valence-electron chi connectivity index (χ0n) is 18.3. The van der Waals surface area contributed by atoms with E-state index in [9.17, 15) is 0 Å². The van der Waals surface area contributed by atoms with E-state index in [1.807, 2.05) is 18.2 Å². The fourth-order valence-electron chi connectivity index (χ4n) is 4.18. The molecule has 31 heavy (non-hydrogen) atoms. The summed E-state index contributed by atoms with van der Waals surface area (Å²) in [6.45, 7) is 5.21. The van der Waals surface area contributed by atoms with Crippen LogP contribution in [-0.4, -0.2) is 36.7 Å². The molecule has 1 aliphatic rings. The number of hydrogen-bond donors (Lipinski definition) is 2. The largest absolute Gasteiger partial charge is 0.496 e. The third-order valence-corrected chi connectivity index (χ3v) is 6.67. The van der Waals surface area contributed by atoms with Crippen molar-refractivity contribution in [2.75, 3.05) is 36.4 Å². The normalized spacial score (nSPS) is 14.7. The Morgan fingerprint density at radius 3 is 2.68 bits per heavy atom. The molecule has 164 valence electrons. The number of aromatic nitrogens is 2. The first-order valence-electron chi connectivity index (χ1n) is 11.0. The molecule has 1 fully saturated rings. The summed E-state index contributed by atoms with van der Waals surface area (Å²) in [6, 6.07) is 14.5. The lowest BCUT2D eigenvalue weighted by atomic mass is 9.93. The highest BCUT2D eigenvalue weighted by Gasteiger charge is 2.22. The summed E-state index contributed by atoms with van der Waals surface area (Å²) < 4.78 is 12.4. The predicted molar refractivity (Wildman–Crippen MR) is 131 cm³/mol. The first-order chi connectivity index (χ1) is 15.3. The molecule has 0 aliphatic carbocycles. The van der Waals surface area contributed by atoms with E-state index < -0.39 is 0 Å². The van der Waals surface area contributed by atoms with Gasteiger partial charge in [-0.1, -0.05) is 25.1 Å². The molecular formula is C24H31N5OS. The van der Waals surface area contributed by atoms with Crippen LogP contribution in [0.5, 0.6) is 5.75 Å². The number of ether oxygens (including phenoxy) is 1. The van der Waals surface area contributed by atoms with Crippen LogP contribution in [0.25, 0.3) is 10.9 Å². The molecule has 4 rings (SSSR count). The number of hydrogen-bond acceptors (Lipinski definition) is 7. The number of methoxy groups -OCH3 is 1. The number of aryl methyl sites for hydroxylation is 1. The summed E-state index contributed by atoms with van der Waals surface area (Å²) in [5.41, 5.74) is 3.30. The lowest BCUT2D eigenvalue weighted by Gasteiger charge is -2.33. The Morgan fingerprint density at radius 2 is 1.94 bits per heavy atom. The topological polar surface area (TPSA) is 62.3 Å². The zero-order valence-corrected chi connectivity index (χ0v) is 19.1. The molecule has 0 amide bonds. The van der Waals surface area contributed by atoms with Crippen molar-refractivity contribution in [2.24, 2.45) is 5.92 Å². The van der Waals surface area contributed by atoms with Gasteiger partial charge in [0.05, 0.1) is 12.6 Å². The number of nitrogens with one attached hydrogen (secondary N) is 2. The Balaban J connectivity index is 1.29. The molecule has 2 heterocycles. The Bertz CT molecular complexity index is 976. The smallest absolute Gasteiger partial charge is 0.140 e. The highest BCUT2D eigenvalue weighted by Crippen LogP contribution is 2.32. The van der Waals surface area contributed by atoms with Gasteiger partial charge in [0, 0.05) is 42.8 Å². The molecule has 1 aromatic heterocycles. The van der Waals surface area contributed by atoms with Gasteiger partial charge in [0.25, 0.3) is 0 Å². The van der Waals surface area contributed by atoms with E-state index in [1.54, 1.807) is 25.6 Å². The number of nitrogens with zero attached hydrogens (tertiary/aromatic N) is 3. The second-order valence-corrected chi connectivity index (χ2v) is 8.61. The van der Waals surface area contributed by atoms with Gasteiger partial charge in [0.1, 0.15) is 17.9 Å². The molecule has 0 saturated carbocycles. The van der Waals surface area contributed by atoms with Gasteiger partial charge in [-0.3, -0.25) is 0 Å². The number of benzene rings is 2. The van der Waals surface area contributed by atoms with E-state index in [0.29, 0.717) is 0 Å². The summed E-state index contributed by atoms with van der Waals surface area (Å²) in [5.74, 6) is 2.70. The summed E-state index contributed by atoms with van der Waals surface area (Å²) in [6.07, 6.45) is 6.19. The molecule has 1 aliphatic heterocycles. The molecule has 2 aromatic carbocycles. The quantitative estimate of drug-likeness (QED) is 0.358. The molecule has 0 atom stereocenters. The molecule has 0 radical (unpaired) electrons. The predicted octanol–water partition coefficient (Wildman–Crippen LogP) is 5.07. The van der Waals surface area contributed by atoms with Crippen LogP contribution in [0.4, 0.5) is 11.5 Å². The van der Waals surface area contributed by atoms with Crippen molar-refractivity contribution in [1.82, 2.24) is 14.7 Å². The third kappa shape index (κ3) is 5.40. The number of piperidine rings is 1. The van der Waals surface area contributed by atoms with Crippen LogP contribution in [0.1, 0.15) is 31.7 Å². The molecule has 2 N–H and O–H groups in total. The zero-order chi connectivity index (χ0) is 21.5. The minimum Gasteiger partial charge on any atom is -0.496 e. The van der Waals surface area contributed by atoms with Crippen molar-refractivity contribution >= 4 is 34.5 Å². The van der Waals surface area contributed by atoms with Gasteiger partial charge >= 0.3 is 0 Å². The summed E-state index contributed by atoms with van der Waals surface area (Å²) in [7, 11) is 1.73. The van der Waals surface area contributed by atoms with E-state index in [2.05, 4.69) is 55.5 Å². The molecule has 0 spiro atoms. The standard InChI is InChI=1S/C24H31N5OS/c1-3-19-15-22-21(16-23(19)30-2)24(26-17-25-22)29-13-10-18(11-14-29)9-12-27-31-28-20-7-5-4-6-8-20/h4-8,15-18,27-28H,3,9-14H2,1-2H3. The van der Waals surface area contributed by atoms with Crippen LogP contribution in [0.3, 0.4) is 0 Å². The SMILES string of the molecule is CCc1cc2ncnc(N3CCC(CCNSNc4ccccc4)CC3)c2cc1OC. The van der Waals surface area contributed by atoms with E-state index in [-0.39, 0.29) is 0 Å². The van der Waals surface area contributed by atoms with Crippen LogP contribution in [-0.2, 0) is 6.42 Å². The fourth-order valence-corrected chi connectivity index (χ4v) is 4.73. The van der Waals surface area contributed by atoms with E-state index in [0.717, 1.165) is 60.1 Å². The van der Waals surface area contributed by atoms with Crippen LogP contribution in [0.15, 0.2) is 48.8 Å². The van der Waals surface area contributed by atoms with E-state index in [4.69, 9.17) is 4.74 Å². The Kier molecular flexibility index (Phi) is 7.48. The first-order valence-corrected chi connectivity index (χ1v) is 11.9. The lowest BCUT2D eigenvalue weighted by molar-refractivity contribution is 0.382. The van der Waals surface area contributed by atoms with Crippen LogP contribution in [0, 0.1) is 5.92 Å². The van der Waals surface area contributed by atoms with Gasteiger partial charge in [-0.2, -0.15) is 0 Å². The van der Waals surface area contributed by atoms with E-state index >= 15 is 0 Å². The summed E-state index contributed by atoms with van der Waals surface area (Å²) in [5, 5.41) is 1.08. The second kappa shape index (κ2) is 10.7. The Morgan fingerprint density at radius 1 is 1.13 bits per heavy atom. The molecule has 3 aromatic rings. The van der Waals surface area contributed by atoms with Crippen molar-refractivity contribution in [2.45, 2.75) is 32.6 Å². The molecule has 7 heteroatoms. The van der Waals surface area contributed by atoms with Crippen molar-refractivity contribution in [3.63, 3.8) is 0 Å². The maximum Gasteiger partial charge on any atom is 0.140 e. The van der Waals surface area contributed by atoms with Gasteiger partial charge in [-0.15, -0.1) is 0 Å². The number of anilines is 2. The number of fused-ring (bicyclic) bond motifs is 1. The van der Waals surface area contributed by atoms with Crippen LogP contribution < -0.4 is 19.1 Å². The average Bonchev–Trinajstić information content (AvgIpc) is 2.83. The Hall–Kier alpha value is -2.51. The lowest BCUT2D eigenvalue weighted by Crippen LogP contribution is -2.35. The maximum atomic E-state index is 5.61. The van der Waals surface area contributed by atoms with Gasteiger partial charge in [-0.25, -0.2) is 14.7 Å². The molecule has 0 bridgehead atoms. The highest BCUT2D eigenvalue weighted by molar-refractivity contribution is 7.98. The minimum atomic E-state index is 0.746. The van der Waals surface area contributed by atoms with E-state index in [1.165, 1.54) is 24.8 Å². The monoisotopic (exact) mass is 437 g/mol. The molecule has 6 nitrogen and oxygen atoms in total. The van der Waals surface area contributed by atoms with Gasteiger partial charge in [0.2, 0.25) is 0 Å². The van der Waals surface area contributed by atoms with Crippen molar-refractivity contribution in [1.29, 1.82) is 0 Å². The number of rotatable bonds is 9. The van der Waals surface area contributed by atoms with Gasteiger partial charge < -0.3 is 14.4 Å². The highest BCUT2D eigenvalue weighted by atomic mass is 32.2. The minimum absolute atomic E-state index is 0.746. The summed E-state index contributed by atoms with van der Waals surface area (Å²) >= 11 is 1.56. The fraction of sp³-hybridized carbons (Fsp3) is 0.417. The average molecular weight is 438 g/mol. The van der Waals surface area contributed by atoms with Gasteiger partial charge in [0.15, 0.2) is 0 Å². The molecular weight excluding hydrogens is 406 g/mol. The van der Waals surface area contributed by atoms with Gasteiger partial charge in [-0.05, 0) is 61.4 Å². The van der Waals surface area contributed by atoms with Crippen molar-refractivity contribution < 1.29 is 4.74 Å². The van der Waals surface area contributed by atoms with Crippen LogP contribution >= 0.6 is 12.1 Å². The van der Waals surface area contributed by atoms with Crippen molar-refractivity contribution in [3.8, 4) is 5.75 Å².